The Morgan fingerprint density at radius 2 is 2.04 bits per heavy atom. The minimum absolute atomic E-state index is 0.141. The van der Waals surface area contributed by atoms with Gasteiger partial charge in [0.25, 0.3) is 0 Å². The fraction of sp³-hybridized carbons (Fsp3) is 0.250. The van der Waals surface area contributed by atoms with Gasteiger partial charge in [0.1, 0.15) is 6.61 Å². The van der Waals surface area contributed by atoms with E-state index in [0.29, 0.717) is 0 Å². The Hall–Kier alpha value is -2.95. The summed E-state index contributed by atoms with van der Waals surface area (Å²) in [6.07, 6.45) is -3.94. The number of hydrogen-bond donors (Lipinski definition) is 2. The van der Waals surface area contributed by atoms with Gasteiger partial charge in [-0.05, 0) is 5.56 Å². The van der Waals surface area contributed by atoms with E-state index < -0.39 is 18.0 Å². The van der Waals surface area contributed by atoms with Crippen molar-refractivity contribution in [3.63, 3.8) is 0 Å². The van der Waals surface area contributed by atoms with Gasteiger partial charge >= 0.3 is 12.3 Å². The molecule has 1 amide bonds. The summed E-state index contributed by atoms with van der Waals surface area (Å²) in [5.74, 6) is 4.92. The van der Waals surface area contributed by atoms with Crippen LogP contribution in [0.2, 0.25) is 0 Å². The number of nitrogens with zero attached hydrogens (tertiary/aromatic N) is 1. The summed E-state index contributed by atoms with van der Waals surface area (Å²) in [5.41, 5.74) is -0.355. The van der Waals surface area contributed by atoms with E-state index in [0.717, 1.165) is 11.8 Å². The largest absolute Gasteiger partial charge is 0.445 e. The van der Waals surface area contributed by atoms with Crippen molar-refractivity contribution in [1.29, 1.82) is 0 Å². The first-order valence-corrected chi connectivity index (χ1v) is 7.01. The van der Waals surface area contributed by atoms with E-state index in [1.54, 1.807) is 0 Å². The Kier molecular flexibility index (Phi) is 5.84. The predicted molar refractivity (Wildman–Crippen MR) is 79.7 cm³/mol. The highest BCUT2D eigenvalue weighted by Gasteiger charge is 2.35. The number of ether oxygens (including phenoxy) is 1. The molecule has 0 unspecified atom stereocenters. The second-order valence-corrected chi connectivity index (χ2v) is 4.70. The monoisotopic (exact) mass is 337 g/mol. The zero-order valence-corrected chi connectivity index (χ0v) is 12.5. The zero-order valence-electron chi connectivity index (χ0n) is 12.5. The van der Waals surface area contributed by atoms with Crippen molar-refractivity contribution in [1.82, 2.24) is 15.5 Å². The first-order chi connectivity index (χ1) is 11.5. The molecular formula is C16H14F3N3O2. The maximum atomic E-state index is 12.6. The van der Waals surface area contributed by atoms with E-state index in [9.17, 15) is 18.0 Å². The molecule has 0 spiro atoms. The van der Waals surface area contributed by atoms with Crippen LogP contribution in [0, 0.1) is 11.8 Å². The number of H-pyrrole nitrogens is 1. The van der Waals surface area contributed by atoms with E-state index in [1.807, 2.05) is 35.4 Å². The number of aromatic nitrogens is 2. The number of alkyl halides is 3. The van der Waals surface area contributed by atoms with Crippen molar-refractivity contribution in [3.8, 4) is 11.8 Å². The summed E-state index contributed by atoms with van der Waals surface area (Å²) < 4.78 is 42.7. The Labute approximate surface area is 136 Å². The molecule has 126 valence electrons. The average molecular weight is 337 g/mol. The maximum Gasteiger partial charge on any atom is 0.434 e. The van der Waals surface area contributed by atoms with Crippen molar-refractivity contribution in [3.05, 3.63) is 53.3 Å². The SMILES string of the molecule is O=C(NCCC#Cc1cn[nH]c1C(F)(F)F)OCc1ccccc1. The number of amides is 1. The summed E-state index contributed by atoms with van der Waals surface area (Å²) in [4.78, 5) is 11.4. The maximum absolute atomic E-state index is 12.6. The number of benzene rings is 1. The van der Waals surface area contributed by atoms with Crippen molar-refractivity contribution in [2.75, 3.05) is 6.54 Å². The van der Waals surface area contributed by atoms with Gasteiger partial charge in [-0.25, -0.2) is 4.79 Å². The number of carbonyl (C=O) groups excluding carboxylic acids is 1. The number of rotatable bonds is 4. The predicted octanol–water partition coefficient (Wildman–Crippen LogP) is 3.10. The molecule has 1 aromatic heterocycles. The lowest BCUT2D eigenvalue weighted by molar-refractivity contribution is -0.141. The van der Waals surface area contributed by atoms with Crippen LogP contribution in [0.4, 0.5) is 18.0 Å². The molecular weight excluding hydrogens is 323 g/mol. The van der Waals surface area contributed by atoms with E-state index >= 15 is 0 Å². The van der Waals surface area contributed by atoms with E-state index in [2.05, 4.69) is 22.3 Å². The molecule has 0 radical (unpaired) electrons. The number of hydrogen-bond acceptors (Lipinski definition) is 3. The third-order valence-corrected chi connectivity index (χ3v) is 2.88. The van der Waals surface area contributed by atoms with Crippen molar-refractivity contribution < 1.29 is 22.7 Å². The van der Waals surface area contributed by atoms with Crippen LogP contribution in [-0.4, -0.2) is 22.8 Å². The number of aromatic amines is 1. The lowest BCUT2D eigenvalue weighted by Crippen LogP contribution is -2.24. The van der Waals surface area contributed by atoms with Crippen LogP contribution < -0.4 is 5.32 Å². The van der Waals surface area contributed by atoms with Gasteiger partial charge in [-0.15, -0.1) is 0 Å². The highest BCUT2D eigenvalue weighted by molar-refractivity contribution is 5.67. The number of nitrogens with one attached hydrogen (secondary N) is 2. The van der Waals surface area contributed by atoms with Crippen LogP contribution >= 0.6 is 0 Å². The lowest BCUT2D eigenvalue weighted by Gasteiger charge is -2.05. The minimum atomic E-state index is -4.53. The van der Waals surface area contributed by atoms with Gasteiger partial charge in [-0.1, -0.05) is 42.2 Å². The molecule has 24 heavy (non-hydrogen) atoms. The van der Waals surface area contributed by atoms with Gasteiger partial charge in [0.2, 0.25) is 0 Å². The number of alkyl carbamates (subject to hydrolysis) is 1. The van der Waals surface area contributed by atoms with Gasteiger partial charge in [-0.2, -0.15) is 18.3 Å². The molecule has 1 aromatic carbocycles. The topological polar surface area (TPSA) is 67.0 Å². The molecule has 0 aliphatic heterocycles. The summed E-state index contributed by atoms with van der Waals surface area (Å²) in [7, 11) is 0. The Bertz CT molecular complexity index is 730. The quantitative estimate of drug-likeness (QED) is 0.665. The Balaban J connectivity index is 1.72. The van der Waals surface area contributed by atoms with Crippen LogP contribution in [0.3, 0.4) is 0 Å². The first kappa shape index (κ1) is 17.4. The molecule has 0 saturated carbocycles. The summed E-state index contributed by atoms with van der Waals surface area (Å²) in [6.45, 7) is 0.308. The van der Waals surface area contributed by atoms with Crippen molar-refractivity contribution >= 4 is 6.09 Å². The van der Waals surface area contributed by atoms with Crippen LogP contribution in [0.25, 0.3) is 0 Å². The highest BCUT2D eigenvalue weighted by Crippen LogP contribution is 2.29. The van der Waals surface area contributed by atoms with E-state index in [1.165, 1.54) is 0 Å². The van der Waals surface area contributed by atoms with E-state index in [-0.39, 0.29) is 25.1 Å². The molecule has 2 N–H and O–H groups in total. The van der Waals surface area contributed by atoms with E-state index in [4.69, 9.17) is 4.74 Å². The van der Waals surface area contributed by atoms with Crippen LogP contribution in [0.1, 0.15) is 23.2 Å². The Morgan fingerprint density at radius 1 is 1.29 bits per heavy atom. The molecule has 2 rings (SSSR count). The summed E-state index contributed by atoms with van der Waals surface area (Å²) in [6, 6.07) is 9.16. The van der Waals surface area contributed by atoms with Crippen molar-refractivity contribution in [2.45, 2.75) is 19.2 Å². The molecule has 0 aliphatic carbocycles. The normalized spacial score (nSPS) is 10.6. The number of carbonyl (C=O) groups is 1. The number of halogens is 3. The molecule has 8 heteroatoms. The zero-order chi connectivity index (χ0) is 17.4. The molecule has 0 fully saturated rings. The third kappa shape index (κ3) is 5.35. The van der Waals surface area contributed by atoms with Gasteiger partial charge in [0.05, 0.1) is 11.8 Å². The minimum Gasteiger partial charge on any atom is -0.445 e. The fourth-order valence-electron chi connectivity index (χ4n) is 1.76. The first-order valence-electron chi connectivity index (χ1n) is 7.01. The molecule has 1 heterocycles. The second kappa shape index (κ2) is 8.06. The summed E-state index contributed by atoms with van der Waals surface area (Å²) in [5, 5.41) is 7.67. The third-order valence-electron chi connectivity index (χ3n) is 2.88. The lowest BCUT2D eigenvalue weighted by atomic mass is 10.2. The summed E-state index contributed by atoms with van der Waals surface area (Å²) >= 11 is 0. The van der Waals surface area contributed by atoms with Crippen LogP contribution in [-0.2, 0) is 17.5 Å². The fourth-order valence-corrected chi connectivity index (χ4v) is 1.76. The molecule has 0 atom stereocenters. The molecule has 0 saturated heterocycles. The van der Waals surface area contributed by atoms with Gasteiger partial charge in [0.15, 0.2) is 5.69 Å². The van der Waals surface area contributed by atoms with Gasteiger partial charge in [-0.3, -0.25) is 5.10 Å². The smallest absolute Gasteiger partial charge is 0.434 e. The standard InChI is InChI=1S/C16H14F3N3O2/c17-16(18,19)14-13(10-21-22-14)8-4-5-9-20-15(23)24-11-12-6-2-1-3-7-12/h1-3,6-7,10H,5,9,11H2,(H,20,23)(H,21,22). The van der Waals surface area contributed by atoms with Crippen LogP contribution in [0.5, 0.6) is 0 Å². The molecule has 2 aromatic rings. The average Bonchev–Trinajstić information content (AvgIpc) is 3.02. The van der Waals surface area contributed by atoms with Gasteiger partial charge in [0, 0.05) is 13.0 Å². The van der Waals surface area contributed by atoms with Crippen molar-refractivity contribution in [2.24, 2.45) is 0 Å². The second-order valence-electron chi connectivity index (χ2n) is 4.70. The highest BCUT2D eigenvalue weighted by atomic mass is 19.4. The Morgan fingerprint density at radius 3 is 2.75 bits per heavy atom. The van der Waals surface area contributed by atoms with Crippen LogP contribution in [0.15, 0.2) is 36.5 Å². The molecule has 5 nitrogen and oxygen atoms in total. The van der Waals surface area contributed by atoms with Gasteiger partial charge < -0.3 is 10.1 Å². The molecule has 0 aliphatic rings. The molecule has 0 bridgehead atoms.